The molecule has 3 nitrogen and oxygen atoms in total. The maximum atomic E-state index is 6.85. The van der Waals surface area contributed by atoms with Gasteiger partial charge in [-0.3, -0.25) is 4.98 Å². The van der Waals surface area contributed by atoms with E-state index in [2.05, 4.69) is 179 Å². The van der Waals surface area contributed by atoms with E-state index in [1.54, 1.807) is 0 Å². The van der Waals surface area contributed by atoms with Gasteiger partial charge in [-0.1, -0.05) is 172 Å². The molecule has 1 aliphatic carbocycles. The SMILES string of the molecule is C/C=C\C.C/C=C\C.C=CC1=C(/C=C\C)c2ccc(-c3cc(-c4cccc(-c5cnc6c7ccccc7c7ccccc7c6n5)c4)c4oc5ccc6ccccc6c5c4c3)cc2C1(C)C. The molecule has 0 unspecified atom stereocenters. The molecule has 2 aromatic heterocycles. The Labute approximate surface area is 382 Å². The molecule has 0 spiro atoms. The molecule has 1 aliphatic rings. The molecule has 0 N–H and O–H groups in total. The highest BCUT2D eigenvalue weighted by molar-refractivity contribution is 6.24. The van der Waals surface area contributed by atoms with Crippen molar-refractivity contribution < 1.29 is 4.42 Å². The Kier molecular flexibility index (Phi) is 11.7. The number of rotatable bonds is 5. The molecule has 0 saturated carbocycles. The van der Waals surface area contributed by atoms with Crippen LogP contribution in [0.5, 0.6) is 0 Å². The Balaban J connectivity index is 0.000000619. The average Bonchev–Trinajstić information content (AvgIpc) is 3.84. The molecule has 0 atom stereocenters. The van der Waals surface area contributed by atoms with Crippen LogP contribution in [0.15, 0.2) is 205 Å². The second-order valence-electron chi connectivity index (χ2n) is 17.0. The highest BCUT2D eigenvalue weighted by Gasteiger charge is 2.35. The van der Waals surface area contributed by atoms with E-state index in [0.29, 0.717) is 0 Å². The van der Waals surface area contributed by atoms with E-state index in [1.807, 2.05) is 64.3 Å². The zero-order valence-electron chi connectivity index (χ0n) is 38.4. The molecule has 0 aliphatic heterocycles. The predicted octanol–water partition coefficient (Wildman–Crippen LogP) is 18.0. The Morgan fingerprint density at radius 2 is 1.17 bits per heavy atom. The quantitative estimate of drug-likeness (QED) is 0.128. The van der Waals surface area contributed by atoms with Gasteiger partial charge in [0.1, 0.15) is 11.2 Å². The summed E-state index contributed by atoms with van der Waals surface area (Å²) < 4.78 is 6.85. The maximum Gasteiger partial charge on any atom is 0.143 e. The van der Waals surface area contributed by atoms with Crippen LogP contribution < -0.4 is 0 Å². The molecular weight excluding hydrogens is 789 g/mol. The van der Waals surface area contributed by atoms with E-state index >= 15 is 0 Å². The molecule has 0 radical (unpaired) electrons. The van der Waals surface area contributed by atoms with E-state index in [-0.39, 0.29) is 5.41 Å². The minimum Gasteiger partial charge on any atom is -0.455 e. The van der Waals surface area contributed by atoms with Gasteiger partial charge in [0, 0.05) is 38.1 Å². The molecule has 0 bridgehead atoms. The van der Waals surface area contributed by atoms with Crippen LogP contribution in [-0.2, 0) is 5.41 Å². The van der Waals surface area contributed by atoms with Crippen molar-refractivity contribution in [2.45, 2.75) is 53.9 Å². The van der Waals surface area contributed by atoms with Crippen LogP contribution in [0.25, 0.3) is 104 Å². The Bertz CT molecular complexity index is 3540. The first-order valence-electron chi connectivity index (χ1n) is 22.6. The van der Waals surface area contributed by atoms with Gasteiger partial charge in [-0.2, -0.15) is 0 Å². The standard InChI is InChI=1S/C54H38N2O.2C4H8/c1-5-14-40-41-25-23-33(30-47(41)54(3,4)46(40)6-2)36-28-44(53-45(29-36)50-37-18-8-7-15-32(37)24-26-49(50)57-53)34-16-13-17-35(27-34)48-31-55-51-42-21-11-9-19-38(42)39-20-10-12-22-43(39)52(51)56-48;2*1-3-4-2/h5-31H,2H2,1,3-4H3;2*3-4H,1-2H3/b14-5-;2*4-3-. The zero-order valence-corrected chi connectivity index (χ0v) is 38.4. The Hall–Kier alpha value is -7.62. The number of benzene rings is 8. The highest BCUT2D eigenvalue weighted by atomic mass is 16.3. The van der Waals surface area contributed by atoms with Crippen molar-refractivity contribution in [2.24, 2.45) is 0 Å². The summed E-state index contributed by atoms with van der Waals surface area (Å²) in [5, 5.41) is 9.19. The number of furan rings is 1. The lowest BCUT2D eigenvalue weighted by Gasteiger charge is -2.23. The van der Waals surface area contributed by atoms with Gasteiger partial charge in [0.2, 0.25) is 0 Å². The third kappa shape index (κ3) is 7.47. The van der Waals surface area contributed by atoms with Crippen molar-refractivity contribution in [3.63, 3.8) is 0 Å². The summed E-state index contributed by atoms with van der Waals surface area (Å²) >= 11 is 0. The van der Waals surface area contributed by atoms with Gasteiger partial charge >= 0.3 is 0 Å². The van der Waals surface area contributed by atoms with Crippen LogP contribution >= 0.6 is 0 Å². The number of aromatic nitrogens is 2. The van der Waals surface area contributed by atoms with Gasteiger partial charge in [0.25, 0.3) is 0 Å². The monoisotopic (exact) mass is 842 g/mol. The number of fused-ring (bicyclic) bond motifs is 12. The second-order valence-corrected chi connectivity index (χ2v) is 17.0. The summed E-state index contributed by atoms with van der Waals surface area (Å²) in [6, 6.07) is 50.1. The van der Waals surface area contributed by atoms with E-state index < -0.39 is 0 Å². The summed E-state index contributed by atoms with van der Waals surface area (Å²) in [5.74, 6) is 0. The molecule has 0 saturated heterocycles. The lowest BCUT2D eigenvalue weighted by molar-refractivity contribution is 0.655. The van der Waals surface area contributed by atoms with Crippen LogP contribution in [0.4, 0.5) is 0 Å². The molecule has 0 fully saturated rings. The fourth-order valence-corrected chi connectivity index (χ4v) is 9.45. The fraction of sp³-hybridized carbons (Fsp3) is 0.129. The largest absolute Gasteiger partial charge is 0.455 e. The second kappa shape index (κ2) is 17.9. The first-order valence-corrected chi connectivity index (χ1v) is 22.6. The van der Waals surface area contributed by atoms with Gasteiger partial charge in [-0.15, -0.1) is 0 Å². The van der Waals surface area contributed by atoms with Crippen molar-refractivity contribution in [1.29, 1.82) is 0 Å². The number of allylic oxidation sites excluding steroid dienone is 9. The zero-order chi connectivity index (χ0) is 45.2. The van der Waals surface area contributed by atoms with E-state index in [9.17, 15) is 0 Å². The topological polar surface area (TPSA) is 38.9 Å². The third-order valence-electron chi connectivity index (χ3n) is 12.8. The molecule has 2 heterocycles. The van der Waals surface area contributed by atoms with Gasteiger partial charge in [0.05, 0.1) is 22.9 Å². The van der Waals surface area contributed by atoms with E-state index in [0.717, 1.165) is 71.7 Å². The molecule has 10 aromatic rings. The van der Waals surface area contributed by atoms with Crippen molar-refractivity contribution in [2.75, 3.05) is 0 Å². The molecule has 11 rings (SSSR count). The summed E-state index contributed by atoms with van der Waals surface area (Å²) in [4.78, 5) is 10.4. The predicted molar refractivity (Wildman–Crippen MR) is 282 cm³/mol. The lowest BCUT2D eigenvalue weighted by atomic mass is 9.80. The van der Waals surface area contributed by atoms with Crippen molar-refractivity contribution >= 4 is 70.9 Å². The smallest absolute Gasteiger partial charge is 0.143 e. The highest BCUT2D eigenvalue weighted by Crippen LogP contribution is 2.49. The minimum atomic E-state index is -0.180. The third-order valence-corrected chi connectivity index (χ3v) is 12.8. The van der Waals surface area contributed by atoms with Crippen molar-refractivity contribution in [3.8, 4) is 33.5 Å². The number of hydrogen-bond acceptors (Lipinski definition) is 3. The van der Waals surface area contributed by atoms with Crippen molar-refractivity contribution in [1.82, 2.24) is 9.97 Å². The minimum absolute atomic E-state index is 0.180. The summed E-state index contributed by atoms with van der Waals surface area (Å²) in [6.45, 7) is 18.9. The van der Waals surface area contributed by atoms with E-state index in [4.69, 9.17) is 14.4 Å². The molecule has 0 amide bonds. The molecular formula is C62H54N2O. The van der Waals surface area contributed by atoms with Gasteiger partial charge in [-0.25, -0.2) is 4.98 Å². The first-order chi connectivity index (χ1) is 31.8. The molecule has 3 heteroatoms. The van der Waals surface area contributed by atoms with Crippen molar-refractivity contribution in [3.05, 3.63) is 212 Å². The van der Waals surface area contributed by atoms with Crippen LogP contribution in [-0.4, -0.2) is 9.97 Å². The molecule has 65 heavy (non-hydrogen) atoms. The maximum absolute atomic E-state index is 6.85. The summed E-state index contributed by atoms with van der Waals surface area (Å²) in [7, 11) is 0. The normalized spacial score (nSPS) is 13.4. The Morgan fingerprint density at radius 3 is 1.85 bits per heavy atom. The van der Waals surface area contributed by atoms with Crippen LogP contribution in [0.2, 0.25) is 0 Å². The lowest BCUT2D eigenvalue weighted by Crippen LogP contribution is -2.16. The number of hydrogen-bond donors (Lipinski definition) is 0. The van der Waals surface area contributed by atoms with Crippen LogP contribution in [0.1, 0.15) is 59.6 Å². The molecule has 8 aromatic carbocycles. The molecule has 318 valence electrons. The average molecular weight is 843 g/mol. The van der Waals surface area contributed by atoms with Gasteiger partial charge in [-0.05, 0) is 125 Å². The Morgan fingerprint density at radius 1 is 0.523 bits per heavy atom. The number of nitrogens with zero attached hydrogens (tertiary/aromatic N) is 2. The van der Waals surface area contributed by atoms with E-state index in [1.165, 1.54) is 49.4 Å². The van der Waals surface area contributed by atoms with Crippen LogP contribution in [0, 0.1) is 0 Å². The van der Waals surface area contributed by atoms with Gasteiger partial charge in [0.15, 0.2) is 0 Å². The fourth-order valence-electron chi connectivity index (χ4n) is 9.45. The van der Waals surface area contributed by atoms with Crippen LogP contribution in [0.3, 0.4) is 0 Å². The first kappa shape index (κ1) is 42.7. The van der Waals surface area contributed by atoms with Gasteiger partial charge < -0.3 is 4.42 Å². The summed E-state index contributed by atoms with van der Waals surface area (Å²) in [5.41, 5.74) is 14.7. The summed E-state index contributed by atoms with van der Waals surface area (Å²) in [6.07, 6.45) is 16.3.